The van der Waals surface area contributed by atoms with Crippen molar-refractivity contribution >= 4 is 22.8 Å². The number of nitrogens with zero attached hydrogens (tertiary/aromatic N) is 7. The van der Waals surface area contributed by atoms with Crippen molar-refractivity contribution < 1.29 is 13.5 Å². The van der Waals surface area contributed by atoms with Gasteiger partial charge in [0.15, 0.2) is 11.6 Å². The number of nitrogens with one attached hydrogen (secondary N) is 1. The SMILES string of the molecule is Cc1nc2c(F)cc(-c3nc(Nc4ccc(CN5CCO[C@](C)(CCN(C)C)C5)cn4)ncc3F)cc2n1C(C)C. The van der Waals surface area contributed by atoms with Crippen LogP contribution in [0.5, 0.6) is 0 Å². The molecule has 0 amide bonds. The van der Waals surface area contributed by atoms with E-state index in [0.717, 1.165) is 44.4 Å². The molecule has 4 heterocycles. The van der Waals surface area contributed by atoms with E-state index in [1.54, 1.807) is 6.07 Å². The first kappa shape index (κ1) is 29.0. The number of imidazole rings is 1. The maximum atomic E-state index is 15.0. The van der Waals surface area contributed by atoms with E-state index in [1.165, 1.54) is 6.07 Å². The lowest BCUT2D eigenvalue weighted by Crippen LogP contribution is -2.50. The molecule has 0 bridgehead atoms. The summed E-state index contributed by atoms with van der Waals surface area (Å²) in [7, 11) is 4.15. The molecule has 9 nitrogen and oxygen atoms in total. The summed E-state index contributed by atoms with van der Waals surface area (Å²) < 4.78 is 37.9. The van der Waals surface area contributed by atoms with Gasteiger partial charge < -0.3 is 19.5 Å². The number of fused-ring (bicyclic) bond motifs is 1. The fourth-order valence-electron chi connectivity index (χ4n) is 5.42. The van der Waals surface area contributed by atoms with Crippen LogP contribution in [-0.2, 0) is 11.3 Å². The first-order valence-corrected chi connectivity index (χ1v) is 14.0. The van der Waals surface area contributed by atoms with E-state index in [4.69, 9.17) is 4.74 Å². The smallest absolute Gasteiger partial charge is 0.229 e. The monoisotopic (exact) mass is 564 g/mol. The quantitative estimate of drug-likeness (QED) is 0.292. The minimum Gasteiger partial charge on any atom is -0.373 e. The molecule has 218 valence electrons. The third-order valence-corrected chi connectivity index (χ3v) is 7.43. The fourth-order valence-corrected chi connectivity index (χ4v) is 5.42. The van der Waals surface area contributed by atoms with Crippen LogP contribution in [0.15, 0.2) is 36.7 Å². The van der Waals surface area contributed by atoms with Gasteiger partial charge >= 0.3 is 0 Å². The number of anilines is 2. The molecule has 0 unspecified atom stereocenters. The zero-order chi connectivity index (χ0) is 29.3. The van der Waals surface area contributed by atoms with Crippen molar-refractivity contribution in [3.8, 4) is 11.3 Å². The van der Waals surface area contributed by atoms with Gasteiger partial charge in [0, 0.05) is 44.0 Å². The molecule has 0 radical (unpaired) electrons. The van der Waals surface area contributed by atoms with Crippen molar-refractivity contribution in [2.75, 3.05) is 45.7 Å². The lowest BCUT2D eigenvalue weighted by Gasteiger charge is -2.41. The Hall–Kier alpha value is -3.54. The molecule has 1 aliphatic rings. The highest BCUT2D eigenvalue weighted by Crippen LogP contribution is 2.30. The van der Waals surface area contributed by atoms with Crippen molar-refractivity contribution in [3.05, 3.63) is 59.7 Å². The zero-order valence-corrected chi connectivity index (χ0v) is 24.6. The van der Waals surface area contributed by atoms with Crippen LogP contribution in [0.2, 0.25) is 0 Å². The molecule has 5 rings (SSSR count). The molecule has 1 atom stereocenters. The molecular formula is C30H38F2N8O. The van der Waals surface area contributed by atoms with E-state index in [9.17, 15) is 4.39 Å². The Bertz CT molecular complexity index is 1520. The van der Waals surface area contributed by atoms with Crippen LogP contribution in [-0.4, -0.2) is 80.2 Å². The van der Waals surface area contributed by atoms with Crippen LogP contribution in [0.25, 0.3) is 22.3 Å². The predicted octanol–water partition coefficient (Wildman–Crippen LogP) is 5.34. The van der Waals surface area contributed by atoms with E-state index in [1.807, 2.05) is 43.7 Å². The molecule has 0 saturated carbocycles. The molecule has 41 heavy (non-hydrogen) atoms. The number of halogens is 2. The maximum absolute atomic E-state index is 15.0. The Balaban J connectivity index is 1.30. The van der Waals surface area contributed by atoms with Crippen LogP contribution in [0.1, 0.15) is 44.6 Å². The van der Waals surface area contributed by atoms with Crippen LogP contribution < -0.4 is 5.32 Å². The molecule has 3 aromatic heterocycles. The summed E-state index contributed by atoms with van der Waals surface area (Å²) in [5, 5.41) is 3.05. The molecular weight excluding hydrogens is 526 g/mol. The molecule has 0 aliphatic carbocycles. The molecule has 11 heteroatoms. The van der Waals surface area contributed by atoms with Crippen LogP contribution in [0.3, 0.4) is 0 Å². The van der Waals surface area contributed by atoms with Gasteiger partial charge in [-0.3, -0.25) is 4.90 Å². The first-order valence-electron chi connectivity index (χ1n) is 14.0. The van der Waals surface area contributed by atoms with Crippen molar-refractivity contribution in [2.24, 2.45) is 0 Å². The largest absolute Gasteiger partial charge is 0.373 e. The number of rotatable bonds is 9. The van der Waals surface area contributed by atoms with Gasteiger partial charge in [-0.15, -0.1) is 0 Å². The van der Waals surface area contributed by atoms with Gasteiger partial charge in [-0.05, 0) is 72.0 Å². The van der Waals surface area contributed by atoms with Crippen molar-refractivity contribution in [2.45, 2.75) is 52.3 Å². The second-order valence-corrected chi connectivity index (χ2v) is 11.6. The Morgan fingerprint density at radius 2 is 1.90 bits per heavy atom. The third kappa shape index (κ3) is 6.52. The zero-order valence-electron chi connectivity index (χ0n) is 24.6. The lowest BCUT2D eigenvalue weighted by molar-refractivity contribution is -0.106. The lowest BCUT2D eigenvalue weighted by atomic mass is 9.99. The maximum Gasteiger partial charge on any atom is 0.229 e. The second-order valence-electron chi connectivity index (χ2n) is 11.6. The highest BCUT2D eigenvalue weighted by Gasteiger charge is 2.31. The highest BCUT2D eigenvalue weighted by molar-refractivity contribution is 5.83. The van der Waals surface area contributed by atoms with Crippen LogP contribution in [0.4, 0.5) is 20.5 Å². The average molecular weight is 565 g/mol. The average Bonchev–Trinajstić information content (AvgIpc) is 3.26. The summed E-state index contributed by atoms with van der Waals surface area (Å²) in [4.78, 5) is 21.9. The summed E-state index contributed by atoms with van der Waals surface area (Å²) in [6.45, 7) is 12.2. The van der Waals surface area contributed by atoms with Gasteiger partial charge in [-0.1, -0.05) is 6.07 Å². The molecule has 1 aliphatic heterocycles. The summed E-state index contributed by atoms with van der Waals surface area (Å²) in [6.07, 6.45) is 3.87. The number of benzene rings is 1. The van der Waals surface area contributed by atoms with E-state index in [2.05, 4.69) is 56.1 Å². The minimum atomic E-state index is -0.645. The number of hydrogen-bond acceptors (Lipinski definition) is 8. The van der Waals surface area contributed by atoms with Gasteiger partial charge in [0.2, 0.25) is 5.95 Å². The molecule has 1 saturated heterocycles. The van der Waals surface area contributed by atoms with Gasteiger partial charge in [0.25, 0.3) is 0 Å². The summed E-state index contributed by atoms with van der Waals surface area (Å²) in [5.41, 5.74) is 2.07. The van der Waals surface area contributed by atoms with E-state index >= 15 is 4.39 Å². The van der Waals surface area contributed by atoms with Crippen LogP contribution >= 0.6 is 0 Å². The summed E-state index contributed by atoms with van der Waals surface area (Å²) >= 11 is 0. The van der Waals surface area contributed by atoms with Gasteiger partial charge in [0.1, 0.15) is 22.9 Å². The standard InChI is InChI=1S/C30H38F2N8O/c1-19(2)40-20(3)35-28-23(31)13-22(14-25(28)40)27-24(32)16-34-29(37-27)36-26-8-7-21(15-33-26)17-39-11-12-41-30(4,18-39)9-10-38(5)6/h7-8,13-16,19H,9-12,17-18H2,1-6H3,(H,33,34,36,37)/t30-/m1/s1. The third-order valence-electron chi connectivity index (χ3n) is 7.43. The van der Waals surface area contributed by atoms with E-state index in [-0.39, 0.29) is 28.8 Å². The van der Waals surface area contributed by atoms with Crippen molar-refractivity contribution in [1.82, 2.24) is 34.3 Å². The fraction of sp³-hybridized carbons (Fsp3) is 0.467. The van der Waals surface area contributed by atoms with E-state index in [0.29, 0.717) is 29.3 Å². The van der Waals surface area contributed by atoms with Crippen molar-refractivity contribution in [1.29, 1.82) is 0 Å². The van der Waals surface area contributed by atoms with Gasteiger partial charge in [-0.25, -0.2) is 28.7 Å². The highest BCUT2D eigenvalue weighted by atomic mass is 19.1. The van der Waals surface area contributed by atoms with Gasteiger partial charge in [0.05, 0.1) is 23.9 Å². The number of hydrogen-bond donors (Lipinski definition) is 1. The number of ether oxygens (including phenoxy) is 1. The van der Waals surface area contributed by atoms with E-state index < -0.39 is 11.6 Å². The first-order chi connectivity index (χ1) is 19.5. The molecule has 0 spiro atoms. The number of aromatic nitrogens is 5. The number of morpholine rings is 1. The Kier molecular flexibility index (Phi) is 8.30. The number of pyridine rings is 1. The predicted molar refractivity (Wildman–Crippen MR) is 156 cm³/mol. The topological polar surface area (TPSA) is 84.2 Å². The summed E-state index contributed by atoms with van der Waals surface area (Å²) in [6, 6.07) is 6.90. The number of aryl methyl sites for hydroxylation is 1. The normalized spacial score (nSPS) is 18.1. The van der Waals surface area contributed by atoms with Crippen molar-refractivity contribution in [3.63, 3.8) is 0 Å². The molecule has 1 aromatic carbocycles. The minimum absolute atomic E-state index is 0.00119. The molecule has 1 fully saturated rings. The van der Waals surface area contributed by atoms with Crippen LogP contribution in [0, 0.1) is 18.6 Å². The second kappa shape index (κ2) is 11.8. The van der Waals surface area contributed by atoms with Gasteiger partial charge in [-0.2, -0.15) is 0 Å². The Morgan fingerprint density at radius 1 is 1.10 bits per heavy atom. The summed E-state index contributed by atoms with van der Waals surface area (Å²) in [5.74, 6) is 0.217. The molecule has 4 aromatic rings. The Labute approximate surface area is 239 Å². The molecule has 1 N–H and O–H groups in total. The Morgan fingerprint density at radius 3 is 2.61 bits per heavy atom.